The topological polar surface area (TPSA) is 0 Å². The number of hydrogen-bond donors (Lipinski definition) is 0. The quantitative estimate of drug-likeness (QED) is 0.158. The molecule has 0 amide bonds. The maximum Gasteiger partial charge on any atom is 0.0266 e. The fraction of sp³-hybridized carbons (Fsp3) is 0. The lowest BCUT2D eigenvalue weighted by Gasteiger charge is -2.14. The van der Waals surface area contributed by atoms with Crippen LogP contribution in [0, 0.1) is 23.7 Å². The van der Waals surface area contributed by atoms with E-state index in [1.165, 1.54) is 0 Å². The average molecular weight is 746 g/mol. The van der Waals surface area contributed by atoms with Crippen LogP contribution in [-0.4, -0.2) is 0 Å². The van der Waals surface area contributed by atoms with Crippen LogP contribution < -0.4 is 0 Å². The summed E-state index contributed by atoms with van der Waals surface area (Å²) in [5, 5.41) is 0. The normalized spacial score (nSPS) is 10.2. The molecule has 0 aliphatic heterocycles. The standard InChI is InChI=1S/C34H18Br4/c35-31-19-25(13-11-23-7-3-1-4-8-23)15-17-27(31)29-21-34(38)30(22-33(29)37)28-18-16-26(20-32(28)36)14-12-24-9-5-2-6-10-24/h1-10,15-22H. The predicted octanol–water partition coefficient (Wildman–Crippen LogP) is 10.9. The van der Waals surface area contributed by atoms with Crippen molar-refractivity contribution in [1.82, 2.24) is 0 Å². The lowest BCUT2D eigenvalue weighted by molar-refractivity contribution is 1.49. The van der Waals surface area contributed by atoms with Crippen LogP contribution >= 0.6 is 63.7 Å². The fourth-order valence-corrected chi connectivity index (χ4v) is 6.21. The van der Waals surface area contributed by atoms with E-state index in [4.69, 9.17) is 0 Å². The zero-order chi connectivity index (χ0) is 26.5. The summed E-state index contributed by atoms with van der Waals surface area (Å²) in [4.78, 5) is 0. The summed E-state index contributed by atoms with van der Waals surface area (Å²) in [6.07, 6.45) is 0. The Bertz CT molecular complexity index is 1620. The summed E-state index contributed by atoms with van der Waals surface area (Å²) in [6, 6.07) is 36.7. The molecule has 0 heterocycles. The van der Waals surface area contributed by atoms with Gasteiger partial charge >= 0.3 is 0 Å². The van der Waals surface area contributed by atoms with Crippen molar-refractivity contribution in [2.24, 2.45) is 0 Å². The van der Waals surface area contributed by atoms with Crippen molar-refractivity contribution in [3.63, 3.8) is 0 Å². The highest BCUT2D eigenvalue weighted by atomic mass is 79.9. The van der Waals surface area contributed by atoms with Crippen molar-refractivity contribution >= 4 is 63.7 Å². The molecule has 0 N–H and O–H groups in total. The molecule has 0 aliphatic rings. The van der Waals surface area contributed by atoms with Gasteiger partial charge in [0.15, 0.2) is 0 Å². The van der Waals surface area contributed by atoms with E-state index in [0.717, 1.165) is 62.4 Å². The highest BCUT2D eigenvalue weighted by Gasteiger charge is 2.14. The minimum absolute atomic E-state index is 0.954. The molecule has 4 heteroatoms. The van der Waals surface area contributed by atoms with Crippen molar-refractivity contribution in [1.29, 1.82) is 0 Å². The molecule has 0 aliphatic carbocycles. The lowest BCUT2D eigenvalue weighted by Crippen LogP contribution is -1.89. The Kier molecular flexibility index (Phi) is 8.68. The van der Waals surface area contributed by atoms with Gasteiger partial charge < -0.3 is 0 Å². The summed E-state index contributed by atoms with van der Waals surface area (Å²) in [5.41, 5.74) is 8.23. The molecule has 5 aromatic carbocycles. The van der Waals surface area contributed by atoms with Gasteiger partial charge in [-0.3, -0.25) is 0 Å². The van der Waals surface area contributed by atoms with Crippen molar-refractivity contribution in [3.8, 4) is 45.9 Å². The third kappa shape index (κ3) is 6.40. The Balaban J connectivity index is 1.43. The summed E-state index contributed by atoms with van der Waals surface area (Å²) in [7, 11) is 0. The van der Waals surface area contributed by atoms with Crippen molar-refractivity contribution in [3.05, 3.63) is 149 Å². The first-order valence-electron chi connectivity index (χ1n) is 11.7. The van der Waals surface area contributed by atoms with E-state index in [-0.39, 0.29) is 0 Å². The maximum atomic E-state index is 3.81. The predicted molar refractivity (Wildman–Crippen MR) is 173 cm³/mol. The van der Waals surface area contributed by atoms with Crippen LogP contribution in [0.4, 0.5) is 0 Å². The molecular formula is C34H18Br4. The highest BCUT2D eigenvalue weighted by Crippen LogP contribution is 2.42. The zero-order valence-corrected chi connectivity index (χ0v) is 26.2. The minimum atomic E-state index is 0.954. The number of benzene rings is 5. The minimum Gasteiger partial charge on any atom is -0.0622 e. The maximum absolute atomic E-state index is 3.81. The number of rotatable bonds is 2. The summed E-state index contributed by atoms with van der Waals surface area (Å²) < 4.78 is 3.97. The summed E-state index contributed by atoms with van der Waals surface area (Å²) in [6.45, 7) is 0. The third-order valence-electron chi connectivity index (χ3n) is 5.83. The Morgan fingerprint density at radius 3 is 1.03 bits per heavy atom. The van der Waals surface area contributed by atoms with E-state index in [0.29, 0.717) is 0 Å². The molecule has 5 aromatic rings. The van der Waals surface area contributed by atoms with E-state index in [9.17, 15) is 0 Å². The molecule has 0 atom stereocenters. The van der Waals surface area contributed by atoms with Crippen LogP contribution in [0.2, 0.25) is 0 Å². The molecule has 0 saturated carbocycles. The fourth-order valence-electron chi connectivity index (χ4n) is 3.91. The Hall–Kier alpha value is -2.86. The molecule has 5 rings (SSSR count). The van der Waals surface area contributed by atoms with E-state index >= 15 is 0 Å². The molecular weight excluding hydrogens is 728 g/mol. The van der Waals surface area contributed by atoms with Crippen LogP contribution in [0.1, 0.15) is 22.3 Å². The van der Waals surface area contributed by atoms with Gasteiger partial charge in [0.25, 0.3) is 0 Å². The van der Waals surface area contributed by atoms with Crippen LogP contribution in [0.3, 0.4) is 0 Å². The largest absolute Gasteiger partial charge is 0.0622 e. The third-order valence-corrected chi connectivity index (χ3v) is 8.45. The second-order valence-electron chi connectivity index (χ2n) is 8.43. The van der Waals surface area contributed by atoms with Gasteiger partial charge in [-0.1, -0.05) is 136 Å². The van der Waals surface area contributed by atoms with E-state index in [1.807, 2.05) is 60.7 Å². The van der Waals surface area contributed by atoms with Crippen molar-refractivity contribution in [2.75, 3.05) is 0 Å². The van der Waals surface area contributed by atoms with E-state index in [2.05, 4.69) is 136 Å². The van der Waals surface area contributed by atoms with Crippen molar-refractivity contribution in [2.45, 2.75) is 0 Å². The van der Waals surface area contributed by atoms with Crippen LogP contribution in [0.15, 0.2) is 127 Å². The Labute approximate surface area is 257 Å². The zero-order valence-electron chi connectivity index (χ0n) is 19.9. The lowest BCUT2D eigenvalue weighted by atomic mass is 9.99. The van der Waals surface area contributed by atoms with Gasteiger partial charge in [-0.05, 0) is 82.9 Å². The molecule has 0 bridgehead atoms. The van der Waals surface area contributed by atoms with Crippen LogP contribution in [-0.2, 0) is 0 Å². The van der Waals surface area contributed by atoms with Gasteiger partial charge in [0, 0.05) is 40.1 Å². The first-order chi connectivity index (χ1) is 18.5. The SMILES string of the molecule is Brc1cc(C#Cc2ccccc2)ccc1-c1cc(Br)c(-c2ccc(C#Cc3ccccc3)cc2Br)cc1Br. The number of halogens is 4. The molecule has 0 radical (unpaired) electrons. The molecule has 0 nitrogen and oxygen atoms in total. The summed E-state index contributed by atoms with van der Waals surface area (Å²) in [5.74, 6) is 12.9. The number of hydrogen-bond acceptors (Lipinski definition) is 0. The second-order valence-corrected chi connectivity index (χ2v) is 11.9. The van der Waals surface area contributed by atoms with E-state index in [1.54, 1.807) is 0 Å². The molecule has 0 aromatic heterocycles. The smallest absolute Gasteiger partial charge is 0.0266 e. The molecule has 182 valence electrons. The Morgan fingerprint density at radius 2 is 0.658 bits per heavy atom. The van der Waals surface area contributed by atoms with Gasteiger partial charge in [-0.15, -0.1) is 0 Å². The molecule has 38 heavy (non-hydrogen) atoms. The summed E-state index contributed by atoms with van der Waals surface area (Å²) >= 11 is 15.1. The molecule has 0 unspecified atom stereocenters. The average Bonchev–Trinajstić information content (AvgIpc) is 2.93. The highest BCUT2D eigenvalue weighted by molar-refractivity contribution is 9.11. The first kappa shape index (κ1) is 26.7. The second kappa shape index (κ2) is 12.3. The molecule has 0 fully saturated rings. The van der Waals surface area contributed by atoms with Gasteiger partial charge in [-0.2, -0.15) is 0 Å². The van der Waals surface area contributed by atoms with Gasteiger partial charge in [0.1, 0.15) is 0 Å². The monoisotopic (exact) mass is 742 g/mol. The van der Waals surface area contributed by atoms with Crippen LogP contribution in [0.5, 0.6) is 0 Å². The van der Waals surface area contributed by atoms with Gasteiger partial charge in [-0.25, -0.2) is 0 Å². The molecule has 0 spiro atoms. The first-order valence-corrected chi connectivity index (χ1v) is 14.9. The van der Waals surface area contributed by atoms with Crippen LogP contribution in [0.25, 0.3) is 22.3 Å². The van der Waals surface area contributed by atoms with Gasteiger partial charge in [0.05, 0.1) is 0 Å². The van der Waals surface area contributed by atoms with E-state index < -0.39 is 0 Å². The molecule has 0 saturated heterocycles. The Morgan fingerprint density at radius 1 is 0.316 bits per heavy atom. The van der Waals surface area contributed by atoms with Crippen molar-refractivity contribution < 1.29 is 0 Å². The van der Waals surface area contributed by atoms with Gasteiger partial charge in [0.2, 0.25) is 0 Å².